The molecule has 0 aromatic carbocycles. The summed E-state index contributed by atoms with van der Waals surface area (Å²) in [5.74, 6) is -0.528. The van der Waals surface area contributed by atoms with E-state index in [2.05, 4.69) is 28.7 Å². The van der Waals surface area contributed by atoms with Crippen molar-refractivity contribution in [2.45, 2.75) is 26.8 Å². The average Bonchev–Trinajstić information content (AvgIpc) is 2.83. The Kier molecular flexibility index (Phi) is 4.16. The second kappa shape index (κ2) is 5.84. The lowest BCUT2D eigenvalue weighted by atomic mass is 10.2. The van der Waals surface area contributed by atoms with Gasteiger partial charge in [-0.3, -0.25) is 0 Å². The molecule has 0 unspecified atom stereocenters. The molecule has 2 heterocycles. The van der Waals surface area contributed by atoms with E-state index < -0.39 is 5.97 Å². The summed E-state index contributed by atoms with van der Waals surface area (Å²) in [6.07, 6.45) is 0.980. The monoisotopic (exact) mass is 276 g/mol. The van der Waals surface area contributed by atoms with Crippen LogP contribution in [0.25, 0.3) is 0 Å². The second-order valence-electron chi connectivity index (χ2n) is 4.23. The minimum Gasteiger partial charge on any atom is -0.478 e. The van der Waals surface area contributed by atoms with Gasteiger partial charge in [0.05, 0.1) is 6.54 Å². The Morgan fingerprint density at radius 3 is 2.89 bits per heavy atom. The Morgan fingerprint density at radius 2 is 2.21 bits per heavy atom. The van der Waals surface area contributed by atoms with Crippen LogP contribution in [0.4, 0.5) is 5.82 Å². The normalized spacial score (nSPS) is 10.4. The number of hydrogen-bond donors (Lipinski definition) is 2. The van der Waals surface area contributed by atoms with E-state index in [1.807, 2.05) is 6.92 Å². The molecular formula is C14H16N2O2S. The highest BCUT2D eigenvalue weighted by Crippen LogP contribution is 2.20. The molecule has 0 aliphatic rings. The molecular weight excluding hydrogens is 260 g/mol. The minimum atomic E-state index is -0.961. The van der Waals surface area contributed by atoms with Crippen LogP contribution in [0.2, 0.25) is 0 Å². The number of pyridine rings is 1. The van der Waals surface area contributed by atoms with E-state index in [4.69, 9.17) is 5.11 Å². The van der Waals surface area contributed by atoms with Crippen molar-refractivity contribution in [2.24, 2.45) is 0 Å². The summed E-state index contributed by atoms with van der Waals surface area (Å²) in [4.78, 5) is 16.6. The zero-order valence-corrected chi connectivity index (χ0v) is 11.8. The maximum absolute atomic E-state index is 11.1. The molecule has 0 bridgehead atoms. The van der Waals surface area contributed by atoms with Crippen LogP contribution >= 0.6 is 11.3 Å². The van der Waals surface area contributed by atoms with Gasteiger partial charge in [-0.15, -0.1) is 11.3 Å². The highest BCUT2D eigenvalue weighted by atomic mass is 32.1. The van der Waals surface area contributed by atoms with Crippen molar-refractivity contribution in [1.82, 2.24) is 4.98 Å². The van der Waals surface area contributed by atoms with E-state index in [-0.39, 0.29) is 5.56 Å². The standard InChI is InChI=1S/C14H16N2O2S/c1-3-10-6-7-19-12(10)8-15-13-11(14(17)18)5-4-9(2)16-13/h4-7H,3,8H2,1-2H3,(H,15,16)(H,17,18). The van der Waals surface area contributed by atoms with Gasteiger partial charge < -0.3 is 10.4 Å². The molecule has 19 heavy (non-hydrogen) atoms. The quantitative estimate of drug-likeness (QED) is 0.879. The number of carboxylic acids is 1. The first kappa shape index (κ1) is 13.5. The maximum Gasteiger partial charge on any atom is 0.339 e. The first-order valence-electron chi connectivity index (χ1n) is 6.12. The fourth-order valence-electron chi connectivity index (χ4n) is 1.87. The number of aromatic carboxylic acids is 1. The Morgan fingerprint density at radius 1 is 1.42 bits per heavy atom. The summed E-state index contributed by atoms with van der Waals surface area (Å²) in [6.45, 7) is 4.57. The van der Waals surface area contributed by atoms with Crippen LogP contribution < -0.4 is 5.32 Å². The number of aromatic nitrogens is 1. The summed E-state index contributed by atoms with van der Waals surface area (Å²) < 4.78 is 0. The largest absolute Gasteiger partial charge is 0.478 e. The van der Waals surface area contributed by atoms with E-state index in [0.717, 1.165) is 12.1 Å². The number of carboxylic acid groups (broad SMARTS) is 1. The predicted octanol–water partition coefficient (Wildman–Crippen LogP) is 3.32. The lowest BCUT2D eigenvalue weighted by Crippen LogP contribution is -2.09. The first-order chi connectivity index (χ1) is 9.11. The van der Waals surface area contributed by atoms with Gasteiger partial charge in [0, 0.05) is 10.6 Å². The number of hydrogen-bond acceptors (Lipinski definition) is 4. The molecule has 2 rings (SSSR count). The van der Waals surface area contributed by atoms with Gasteiger partial charge in [-0.2, -0.15) is 0 Å². The first-order valence-corrected chi connectivity index (χ1v) is 6.99. The molecule has 100 valence electrons. The van der Waals surface area contributed by atoms with Crippen molar-refractivity contribution in [3.63, 3.8) is 0 Å². The van der Waals surface area contributed by atoms with Gasteiger partial charge in [0.2, 0.25) is 0 Å². The van der Waals surface area contributed by atoms with E-state index in [9.17, 15) is 4.79 Å². The summed E-state index contributed by atoms with van der Waals surface area (Å²) >= 11 is 1.67. The van der Waals surface area contributed by atoms with Gasteiger partial charge in [0.1, 0.15) is 11.4 Å². The van der Waals surface area contributed by atoms with E-state index in [0.29, 0.717) is 12.4 Å². The number of carbonyl (C=O) groups is 1. The van der Waals surface area contributed by atoms with Crippen molar-refractivity contribution >= 4 is 23.1 Å². The summed E-state index contributed by atoms with van der Waals surface area (Å²) in [6, 6.07) is 5.39. The Bertz CT molecular complexity index is 593. The Labute approximate surface area is 116 Å². The van der Waals surface area contributed by atoms with Crippen molar-refractivity contribution in [2.75, 3.05) is 5.32 Å². The zero-order chi connectivity index (χ0) is 13.8. The molecule has 2 N–H and O–H groups in total. The van der Waals surface area contributed by atoms with E-state index >= 15 is 0 Å². The van der Waals surface area contributed by atoms with Gasteiger partial charge in [0.25, 0.3) is 0 Å². The SMILES string of the molecule is CCc1ccsc1CNc1nc(C)ccc1C(=O)O. The average molecular weight is 276 g/mol. The number of aryl methyl sites for hydroxylation is 2. The van der Waals surface area contributed by atoms with Crippen LogP contribution in [0.5, 0.6) is 0 Å². The second-order valence-corrected chi connectivity index (χ2v) is 5.23. The topological polar surface area (TPSA) is 62.2 Å². The number of anilines is 1. The van der Waals surface area contributed by atoms with Crippen molar-refractivity contribution in [3.05, 3.63) is 45.3 Å². The molecule has 0 atom stereocenters. The van der Waals surface area contributed by atoms with Crippen LogP contribution in [-0.4, -0.2) is 16.1 Å². The summed E-state index contributed by atoms with van der Waals surface area (Å²) in [5, 5.41) is 14.3. The third-order valence-electron chi connectivity index (χ3n) is 2.90. The number of nitrogens with zero attached hydrogens (tertiary/aromatic N) is 1. The van der Waals surface area contributed by atoms with Gasteiger partial charge in [-0.05, 0) is 42.5 Å². The molecule has 0 amide bonds. The molecule has 0 radical (unpaired) electrons. The predicted molar refractivity (Wildman–Crippen MR) is 77.0 cm³/mol. The summed E-state index contributed by atoms with van der Waals surface area (Å²) in [7, 11) is 0. The van der Waals surface area contributed by atoms with Crippen molar-refractivity contribution in [1.29, 1.82) is 0 Å². The lowest BCUT2D eigenvalue weighted by molar-refractivity contribution is 0.0697. The molecule has 0 spiro atoms. The van der Waals surface area contributed by atoms with Crippen LogP contribution in [0.1, 0.15) is 33.4 Å². The highest BCUT2D eigenvalue weighted by Gasteiger charge is 2.12. The van der Waals surface area contributed by atoms with Gasteiger partial charge in [-0.1, -0.05) is 6.92 Å². The molecule has 5 heteroatoms. The molecule has 0 fully saturated rings. The fraction of sp³-hybridized carbons (Fsp3) is 0.286. The molecule has 0 aliphatic heterocycles. The van der Waals surface area contributed by atoms with E-state index in [1.165, 1.54) is 10.4 Å². The van der Waals surface area contributed by atoms with Crippen LogP contribution in [-0.2, 0) is 13.0 Å². The van der Waals surface area contributed by atoms with E-state index in [1.54, 1.807) is 23.5 Å². The Balaban J connectivity index is 2.19. The molecule has 2 aromatic rings. The van der Waals surface area contributed by atoms with Gasteiger partial charge >= 0.3 is 5.97 Å². The number of rotatable bonds is 5. The number of nitrogens with one attached hydrogen (secondary N) is 1. The molecule has 0 saturated carbocycles. The molecule has 2 aromatic heterocycles. The summed E-state index contributed by atoms with van der Waals surface area (Å²) in [5.41, 5.74) is 2.30. The molecule has 0 aliphatic carbocycles. The maximum atomic E-state index is 11.1. The molecule has 0 saturated heterocycles. The smallest absolute Gasteiger partial charge is 0.339 e. The molecule has 4 nitrogen and oxygen atoms in total. The highest BCUT2D eigenvalue weighted by molar-refractivity contribution is 7.10. The Hall–Kier alpha value is -1.88. The zero-order valence-electron chi connectivity index (χ0n) is 10.9. The number of thiophene rings is 1. The minimum absolute atomic E-state index is 0.209. The van der Waals surface area contributed by atoms with Crippen LogP contribution in [0, 0.1) is 6.92 Å². The van der Waals surface area contributed by atoms with Crippen molar-refractivity contribution in [3.8, 4) is 0 Å². The third-order valence-corrected chi connectivity index (χ3v) is 3.86. The third kappa shape index (κ3) is 3.12. The van der Waals surface area contributed by atoms with Crippen LogP contribution in [0.3, 0.4) is 0 Å². The lowest BCUT2D eigenvalue weighted by Gasteiger charge is -2.09. The van der Waals surface area contributed by atoms with Gasteiger partial charge in [-0.25, -0.2) is 9.78 Å². The van der Waals surface area contributed by atoms with Crippen LogP contribution in [0.15, 0.2) is 23.6 Å². The van der Waals surface area contributed by atoms with Crippen molar-refractivity contribution < 1.29 is 9.90 Å². The fourth-order valence-corrected chi connectivity index (χ4v) is 2.78. The van der Waals surface area contributed by atoms with Gasteiger partial charge in [0.15, 0.2) is 0 Å².